The van der Waals surface area contributed by atoms with Gasteiger partial charge in [0.15, 0.2) is 0 Å². The van der Waals surface area contributed by atoms with Crippen LogP contribution in [0.15, 0.2) is 60.9 Å². The molecule has 1 aliphatic heterocycles. The van der Waals surface area contributed by atoms with Crippen molar-refractivity contribution >= 4 is 6.08 Å². The molecular weight excluding hydrogens is 258 g/mol. The molecule has 0 aliphatic carbocycles. The van der Waals surface area contributed by atoms with Gasteiger partial charge < -0.3 is 10.6 Å². The summed E-state index contributed by atoms with van der Waals surface area (Å²) in [5.74, 6) is 0. The van der Waals surface area contributed by atoms with Crippen molar-refractivity contribution in [3.63, 3.8) is 0 Å². The van der Waals surface area contributed by atoms with E-state index in [9.17, 15) is 0 Å². The molecule has 0 amide bonds. The highest BCUT2D eigenvalue weighted by atomic mass is 15.0. The van der Waals surface area contributed by atoms with Crippen molar-refractivity contribution in [1.82, 2.24) is 15.6 Å². The van der Waals surface area contributed by atoms with Gasteiger partial charge in [0.05, 0.1) is 0 Å². The number of aromatic nitrogens is 1. The second-order valence-corrected chi connectivity index (χ2v) is 4.88. The van der Waals surface area contributed by atoms with Crippen LogP contribution in [-0.2, 0) is 6.42 Å². The van der Waals surface area contributed by atoms with Gasteiger partial charge in [-0.05, 0) is 23.6 Å². The third-order valence-electron chi connectivity index (χ3n) is 3.14. The molecule has 0 atom stereocenters. The zero-order valence-electron chi connectivity index (χ0n) is 12.3. The molecule has 1 aromatic heterocycles. The molecule has 3 rings (SSSR count). The average molecular weight is 281 g/mol. The molecule has 3 heteroatoms. The van der Waals surface area contributed by atoms with E-state index in [-0.39, 0.29) is 0 Å². The number of allylic oxidation sites excluding steroid dienone is 1. The van der Waals surface area contributed by atoms with Gasteiger partial charge in [-0.25, -0.2) is 0 Å². The molecule has 0 spiro atoms. The Balaban J connectivity index is 0.000000225. The van der Waals surface area contributed by atoms with Crippen LogP contribution in [0.1, 0.15) is 11.1 Å². The molecule has 1 aliphatic rings. The minimum atomic E-state index is 0.933. The lowest BCUT2D eigenvalue weighted by Gasteiger charge is -2.11. The van der Waals surface area contributed by atoms with Crippen LogP contribution in [0.2, 0.25) is 0 Å². The first-order chi connectivity index (χ1) is 10.4. The molecule has 0 unspecified atom stereocenters. The summed E-state index contributed by atoms with van der Waals surface area (Å²) in [6.45, 7) is 4.56. The van der Waals surface area contributed by atoms with Gasteiger partial charge in [0.1, 0.15) is 0 Å². The Labute approximate surface area is 127 Å². The molecule has 1 aromatic carbocycles. The van der Waals surface area contributed by atoms with Gasteiger partial charge in [0.2, 0.25) is 0 Å². The van der Waals surface area contributed by atoms with E-state index >= 15 is 0 Å². The van der Waals surface area contributed by atoms with Gasteiger partial charge in [-0.15, -0.1) is 0 Å². The van der Waals surface area contributed by atoms with Crippen molar-refractivity contribution < 1.29 is 0 Å². The molecule has 2 aromatic rings. The number of piperazine rings is 1. The van der Waals surface area contributed by atoms with Gasteiger partial charge in [-0.3, -0.25) is 4.98 Å². The zero-order chi connectivity index (χ0) is 14.6. The molecule has 0 saturated carbocycles. The van der Waals surface area contributed by atoms with Crippen LogP contribution in [0.5, 0.6) is 0 Å². The minimum absolute atomic E-state index is 0.933. The molecule has 2 heterocycles. The highest BCUT2D eigenvalue weighted by Crippen LogP contribution is 2.03. The van der Waals surface area contributed by atoms with Crippen molar-refractivity contribution in [3.05, 3.63) is 72.1 Å². The van der Waals surface area contributed by atoms with Gasteiger partial charge >= 0.3 is 0 Å². The lowest BCUT2D eigenvalue weighted by atomic mass is 10.1. The van der Waals surface area contributed by atoms with Gasteiger partial charge in [-0.2, -0.15) is 0 Å². The van der Waals surface area contributed by atoms with Crippen LogP contribution in [0, 0.1) is 0 Å². The van der Waals surface area contributed by atoms with Crippen LogP contribution < -0.4 is 10.6 Å². The summed E-state index contributed by atoms with van der Waals surface area (Å²) in [7, 11) is 0. The first-order valence-electron chi connectivity index (χ1n) is 7.47. The summed E-state index contributed by atoms with van der Waals surface area (Å²) in [6.07, 6.45) is 8.92. The van der Waals surface area contributed by atoms with E-state index in [0.29, 0.717) is 0 Å². The predicted octanol–water partition coefficient (Wildman–Crippen LogP) is 2.52. The van der Waals surface area contributed by atoms with E-state index in [4.69, 9.17) is 0 Å². The van der Waals surface area contributed by atoms with Crippen LogP contribution >= 0.6 is 0 Å². The lowest BCUT2D eigenvalue weighted by molar-refractivity contribution is 0.534. The average Bonchev–Trinajstić information content (AvgIpc) is 2.59. The monoisotopic (exact) mass is 281 g/mol. The summed E-state index contributed by atoms with van der Waals surface area (Å²) in [4.78, 5) is 4.08. The van der Waals surface area contributed by atoms with E-state index in [1.54, 1.807) is 6.20 Å². The Morgan fingerprint density at radius 2 is 1.62 bits per heavy atom. The number of nitrogens with zero attached hydrogens (tertiary/aromatic N) is 1. The summed E-state index contributed by atoms with van der Waals surface area (Å²) < 4.78 is 0. The molecule has 3 nitrogen and oxygen atoms in total. The summed E-state index contributed by atoms with van der Waals surface area (Å²) in [6, 6.07) is 14.4. The Morgan fingerprint density at radius 3 is 2.19 bits per heavy atom. The lowest BCUT2D eigenvalue weighted by Crippen LogP contribution is -2.39. The number of pyridine rings is 1. The second kappa shape index (κ2) is 9.86. The Hall–Kier alpha value is -1.97. The first-order valence-corrected chi connectivity index (χ1v) is 7.47. The number of hydrogen-bond acceptors (Lipinski definition) is 3. The Bertz CT molecular complexity index is 493. The predicted molar refractivity (Wildman–Crippen MR) is 89.2 cm³/mol. The molecular formula is C18H23N3. The number of rotatable bonds is 3. The van der Waals surface area contributed by atoms with Gasteiger partial charge in [0.25, 0.3) is 0 Å². The van der Waals surface area contributed by atoms with Crippen molar-refractivity contribution in [1.29, 1.82) is 0 Å². The van der Waals surface area contributed by atoms with Gasteiger partial charge in [-0.1, -0.05) is 48.6 Å². The summed E-state index contributed by atoms with van der Waals surface area (Å²) in [5, 5.41) is 6.44. The van der Waals surface area contributed by atoms with E-state index in [1.807, 2.05) is 30.5 Å². The van der Waals surface area contributed by atoms with E-state index in [1.165, 1.54) is 11.1 Å². The fraction of sp³-hybridized carbons (Fsp3) is 0.278. The van der Waals surface area contributed by atoms with Crippen LogP contribution in [0.4, 0.5) is 0 Å². The number of nitrogens with one attached hydrogen (secondary N) is 2. The van der Waals surface area contributed by atoms with Crippen molar-refractivity contribution in [2.45, 2.75) is 6.42 Å². The summed E-state index contributed by atoms with van der Waals surface area (Å²) in [5.41, 5.74) is 2.48. The molecule has 2 N–H and O–H groups in total. The molecule has 1 fully saturated rings. The maximum Gasteiger partial charge on any atom is 0.0303 e. The topological polar surface area (TPSA) is 37.0 Å². The third-order valence-corrected chi connectivity index (χ3v) is 3.14. The van der Waals surface area contributed by atoms with E-state index < -0.39 is 0 Å². The Morgan fingerprint density at radius 1 is 0.905 bits per heavy atom. The molecule has 110 valence electrons. The smallest absolute Gasteiger partial charge is 0.0303 e. The molecule has 1 saturated heterocycles. The highest BCUT2D eigenvalue weighted by molar-refractivity contribution is 5.49. The Kier molecular flexibility index (Phi) is 7.24. The fourth-order valence-corrected chi connectivity index (χ4v) is 2.02. The van der Waals surface area contributed by atoms with Crippen molar-refractivity contribution in [2.75, 3.05) is 26.2 Å². The second-order valence-electron chi connectivity index (χ2n) is 4.88. The van der Waals surface area contributed by atoms with Gasteiger partial charge in [0, 0.05) is 38.6 Å². The summed E-state index contributed by atoms with van der Waals surface area (Å²) >= 11 is 0. The zero-order valence-corrected chi connectivity index (χ0v) is 12.3. The van der Waals surface area contributed by atoms with Crippen molar-refractivity contribution in [3.8, 4) is 0 Å². The molecule has 0 radical (unpaired) electrons. The SMILES string of the molecule is C(=Cc1ccccc1)Cc1cccnc1.C1CNCCN1. The standard InChI is InChI=1S/C14H13N.C4H10N2/c1-2-6-13(7-3-1)8-4-9-14-10-5-11-15-12-14;1-2-6-4-3-5-1/h1-8,10-12H,9H2;5-6H,1-4H2. The first kappa shape index (κ1) is 15.4. The third kappa shape index (κ3) is 6.84. The largest absolute Gasteiger partial charge is 0.314 e. The highest BCUT2D eigenvalue weighted by Gasteiger charge is 1.91. The molecule has 21 heavy (non-hydrogen) atoms. The number of benzene rings is 1. The minimum Gasteiger partial charge on any atom is -0.314 e. The van der Waals surface area contributed by atoms with E-state index in [2.05, 4.69) is 46.0 Å². The maximum atomic E-state index is 4.08. The maximum absolute atomic E-state index is 4.08. The fourth-order valence-electron chi connectivity index (χ4n) is 2.02. The van der Waals surface area contributed by atoms with Crippen LogP contribution in [0.25, 0.3) is 6.08 Å². The van der Waals surface area contributed by atoms with Crippen molar-refractivity contribution in [2.24, 2.45) is 0 Å². The quantitative estimate of drug-likeness (QED) is 0.908. The van der Waals surface area contributed by atoms with E-state index in [0.717, 1.165) is 32.6 Å². The normalized spacial score (nSPS) is 14.5. The number of hydrogen-bond donors (Lipinski definition) is 2. The van der Waals surface area contributed by atoms with Crippen LogP contribution in [-0.4, -0.2) is 31.2 Å². The molecule has 0 bridgehead atoms. The van der Waals surface area contributed by atoms with Crippen LogP contribution in [0.3, 0.4) is 0 Å².